The molecule has 0 aliphatic heterocycles. The summed E-state index contributed by atoms with van der Waals surface area (Å²) in [6.45, 7) is 0. The summed E-state index contributed by atoms with van der Waals surface area (Å²) in [6.07, 6.45) is 0.706. The number of amides is 1. The van der Waals surface area contributed by atoms with Gasteiger partial charge in [0.25, 0.3) is 5.91 Å². The van der Waals surface area contributed by atoms with Crippen molar-refractivity contribution in [3.63, 3.8) is 0 Å². The summed E-state index contributed by atoms with van der Waals surface area (Å²) in [6, 6.07) is 11.5. The maximum atomic E-state index is 13.9. The molecule has 0 aromatic heterocycles. The van der Waals surface area contributed by atoms with Crippen LogP contribution in [-0.4, -0.2) is 68.5 Å². The van der Waals surface area contributed by atoms with E-state index in [1.54, 1.807) is 20.2 Å². The highest BCUT2D eigenvalue weighted by molar-refractivity contribution is 6.24. The number of rotatable bonds is 3. The number of carbonyl (C=O) groups is 3. The Labute approximate surface area is 224 Å². The van der Waals surface area contributed by atoms with Crippen LogP contribution in [0.5, 0.6) is 5.75 Å². The maximum absolute atomic E-state index is 13.9. The van der Waals surface area contributed by atoms with Crippen molar-refractivity contribution in [1.29, 1.82) is 0 Å². The number of likely N-dealkylation sites (N-methyl/N-ethyl adjacent to an activating group) is 1. The van der Waals surface area contributed by atoms with Crippen LogP contribution in [0, 0.1) is 23.7 Å². The minimum atomic E-state index is -2.66. The molecule has 0 unspecified atom stereocenters. The van der Waals surface area contributed by atoms with Gasteiger partial charge in [-0.15, -0.1) is 0 Å². The number of nitrogens with two attached hydrogens (primary N) is 1. The molecular weight excluding hydrogens is 500 g/mol. The fraction of sp³-hybridized carbons (Fsp3) is 0.300. The van der Waals surface area contributed by atoms with Gasteiger partial charge in [0.05, 0.1) is 11.6 Å². The molecule has 0 bridgehead atoms. The molecule has 0 saturated heterocycles. The van der Waals surface area contributed by atoms with Gasteiger partial charge in [-0.05, 0) is 56.1 Å². The molecule has 2 aromatic carbocycles. The highest BCUT2D eigenvalue weighted by Gasteiger charge is 2.64. The molecule has 2 aromatic rings. The van der Waals surface area contributed by atoms with Gasteiger partial charge in [-0.25, -0.2) is 0 Å². The Morgan fingerprint density at radius 1 is 1.10 bits per heavy atom. The van der Waals surface area contributed by atoms with Gasteiger partial charge in [-0.1, -0.05) is 42.2 Å². The van der Waals surface area contributed by atoms with E-state index in [4.69, 9.17) is 5.73 Å². The lowest BCUT2D eigenvalue weighted by Gasteiger charge is -2.50. The van der Waals surface area contributed by atoms with Crippen LogP contribution in [0.2, 0.25) is 0 Å². The largest absolute Gasteiger partial charge is 0.508 e. The van der Waals surface area contributed by atoms with Crippen LogP contribution in [0.3, 0.4) is 0 Å². The van der Waals surface area contributed by atoms with Gasteiger partial charge in [-0.3, -0.25) is 19.3 Å². The van der Waals surface area contributed by atoms with Crippen LogP contribution in [0.25, 0.3) is 5.76 Å². The Morgan fingerprint density at radius 2 is 1.79 bits per heavy atom. The van der Waals surface area contributed by atoms with Crippen LogP contribution in [0.1, 0.15) is 28.7 Å². The van der Waals surface area contributed by atoms with Crippen molar-refractivity contribution in [2.24, 2.45) is 17.6 Å². The van der Waals surface area contributed by atoms with E-state index < -0.39 is 58.0 Å². The number of benzene rings is 2. The molecule has 0 spiro atoms. The summed E-state index contributed by atoms with van der Waals surface area (Å²) in [5.74, 6) is -0.557. The molecule has 1 amide bonds. The number of Topliss-reactive ketones (excluding diaryl/α,β-unsaturated/α-hetero) is 2. The van der Waals surface area contributed by atoms with E-state index in [0.717, 1.165) is 5.56 Å². The summed E-state index contributed by atoms with van der Waals surface area (Å²) < 4.78 is 0. The molecule has 5 rings (SSSR count). The Morgan fingerprint density at radius 3 is 2.44 bits per heavy atom. The van der Waals surface area contributed by atoms with Crippen LogP contribution in [-0.2, 0) is 27.2 Å². The highest BCUT2D eigenvalue weighted by atomic mass is 16.3. The number of carbonyl (C=O) groups excluding carboxylic acids is 3. The molecule has 9 heteroatoms. The van der Waals surface area contributed by atoms with E-state index >= 15 is 0 Å². The van der Waals surface area contributed by atoms with Gasteiger partial charge in [0.15, 0.2) is 11.4 Å². The molecule has 3 aliphatic carbocycles. The van der Waals surface area contributed by atoms with Crippen molar-refractivity contribution in [3.8, 4) is 17.6 Å². The summed E-state index contributed by atoms with van der Waals surface area (Å²) in [5.41, 5.74) is 3.83. The fourth-order valence-corrected chi connectivity index (χ4v) is 6.20. The van der Waals surface area contributed by atoms with Gasteiger partial charge in [0, 0.05) is 23.5 Å². The first-order valence-corrected chi connectivity index (χ1v) is 12.5. The summed E-state index contributed by atoms with van der Waals surface area (Å²) >= 11 is 0. The molecule has 6 N–H and O–H groups in total. The lowest BCUT2D eigenvalue weighted by atomic mass is 9.57. The molecule has 0 radical (unpaired) electrons. The first-order chi connectivity index (χ1) is 18.5. The zero-order valence-corrected chi connectivity index (χ0v) is 21.4. The van der Waals surface area contributed by atoms with Crippen molar-refractivity contribution in [2.45, 2.75) is 30.9 Å². The molecule has 200 valence electrons. The zero-order chi connectivity index (χ0) is 28.2. The average molecular weight is 529 g/mol. The molecule has 3 aliphatic rings. The number of ketones is 2. The van der Waals surface area contributed by atoms with Gasteiger partial charge < -0.3 is 26.2 Å². The quantitative estimate of drug-likeness (QED) is 0.296. The standard InChI is InChI=1S/C30H28N2O7/c1-32(2)24-19-14-17-13-18-16(10-6-9-15-7-4-3-5-8-15)11-12-20(33)22(18)25(34)21(17)27(36)30(19,39)28(37)23(26(24)35)29(31)38/h3-5,7-8,11-12,17,19,24,33-34,37,39H,9,13-14H2,1-2H3,(H2,31,38)/t17-,19-,24-,30-/m0/s1. The Kier molecular flexibility index (Phi) is 6.33. The van der Waals surface area contributed by atoms with Crippen LogP contribution < -0.4 is 5.73 Å². The third-order valence-electron chi connectivity index (χ3n) is 7.96. The molecular formula is C30H28N2O7. The van der Waals surface area contributed by atoms with E-state index in [2.05, 4.69) is 11.8 Å². The number of phenols is 1. The lowest BCUT2D eigenvalue weighted by Crippen LogP contribution is -2.65. The van der Waals surface area contributed by atoms with Gasteiger partial charge >= 0.3 is 0 Å². The second-order valence-corrected chi connectivity index (χ2v) is 10.4. The van der Waals surface area contributed by atoms with Crippen LogP contribution in [0.15, 0.2) is 59.4 Å². The number of hydrogen-bond acceptors (Lipinski definition) is 8. The number of phenolic OH excluding ortho intramolecular Hbond substituents is 1. The highest BCUT2D eigenvalue weighted by Crippen LogP contribution is 2.52. The van der Waals surface area contributed by atoms with Gasteiger partial charge in [-0.2, -0.15) is 0 Å². The summed E-state index contributed by atoms with van der Waals surface area (Å²) in [7, 11) is 3.12. The Hall–Kier alpha value is -4.39. The number of fused-ring (bicyclic) bond motifs is 3. The molecule has 9 nitrogen and oxygen atoms in total. The van der Waals surface area contributed by atoms with Crippen molar-refractivity contribution in [3.05, 3.63) is 81.6 Å². The van der Waals surface area contributed by atoms with Crippen molar-refractivity contribution in [1.82, 2.24) is 4.90 Å². The maximum Gasteiger partial charge on any atom is 0.255 e. The first-order valence-electron chi connectivity index (χ1n) is 12.5. The summed E-state index contributed by atoms with van der Waals surface area (Å²) in [4.78, 5) is 40.6. The van der Waals surface area contributed by atoms with Gasteiger partial charge in [0.1, 0.15) is 22.8 Å². The SMILES string of the molecule is CN(C)[C@@H]1C(=O)C(C(N)=O)=C(O)[C@@]2(O)C(=O)C3=C(O)c4c(O)ccc(C#CCc5ccccc5)c4C[C@H]3C[C@@H]12. The van der Waals surface area contributed by atoms with E-state index in [9.17, 15) is 34.8 Å². The topological polar surface area (TPSA) is 161 Å². The number of hydrogen-bond donors (Lipinski definition) is 5. The molecule has 1 fully saturated rings. The fourth-order valence-electron chi connectivity index (χ4n) is 6.20. The monoisotopic (exact) mass is 528 g/mol. The zero-order valence-electron chi connectivity index (χ0n) is 21.4. The first kappa shape index (κ1) is 26.2. The smallest absolute Gasteiger partial charge is 0.255 e. The molecule has 39 heavy (non-hydrogen) atoms. The van der Waals surface area contributed by atoms with E-state index in [1.807, 2.05) is 30.3 Å². The summed E-state index contributed by atoms with van der Waals surface area (Å²) in [5, 5.41) is 44.5. The van der Waals surface area contributed by atoms with E-state index in [0.29, 0.717) is 17.5 Å². The molecule has 1 saturated carbocycles. The van der Waals surface area contributed by atoms with Gasteiger partial charge in [0.2, 0.25) is 5.78 Å². The second kappa shape index (κ2) is 9.42. The molecule has 0 heterocycles. The van der Waals surface area contributed by atoms with Crippen molar-refractivity contribution >= 4 is 23.2 Å². The number of primary amides is 1. The Balaban J connectivity index is 1.64. The van der Waals surface area contributed by atoms with E-state index in [-0.39, 0.29) is 29.7 Å². The normalized spacial score (nSPS) is 26.0. The number of aromatic hydroxyl groups is 1. The number of aliphatic hydroxyl groups excluding tert-OH is 2. The molecule has 4 atom stereocenters. The minimum Gasteiger partial charge on any atom is -0.508 e. The van der Waals surface area contributed by atoms with Crippen molar-refractivity contribution in [2.75, 3.05) is 14.1 Å². The number of aliphatic hydroxyl groups is 3. The third kappa shape index (κ3) is 3.92. The Bertz CT molecular complexity index is 1540. The van der Waals surface area contributed by atoms with Crippen LogP contribution in [0.4, 0.5) is 0 Å². The minimum absolute atomic E-state index is 0.0257. The second-order valence-electron chi connectivity index (χ2n) is 10.4. The predicted octanol–water partition coefficient (Wildman–Crippen LogP) is 1.56. The predicted molar refractivity (Wildman–Crippen MR) is 141 cm³/mol. The lowest BCUT2D eigenvalue weighted by molar-refractivity contribution is -0.153. The van der Waals surface area contributed by atoms with E-state index in [1.165, 1.54) is 11.0 Å². The van der Waals surface area contributed by atoms with Crippen LogP contribution >= 0.6 is 0 Å². The number of nitrogens with zero attached hydrogens (tertiary/aromatic N) is 1. The average Bonchev–Trinajstić information content (AvgIpc) is 2.87. The van der Waals surface area contributed by atoms with Crippen molar-refractivity contribution < 1.29 is 34.8 Å². The third-order valence-corrected chi connectivity index (χ3v) is 7.96.